The molecule has 0 spiro atoms. The van der Waals surface area contributed by atoms with Crippen molar-refractivity contribution in [3.63, 3.8) is 0 Å². The first-order chi connectivity index (χ1) is 14.1. The summed E-state index contributed by atoms with van der Waals surface area (Å²) in [6.07, 6.45) is 17.0. The van der Waals surface area contributed by atoms with Crippen LogP contribution in [-0.4, -0.2) is 16.8 Å². The van der Waals surface area contributed by atoms with Gasteiger partial charge in [-0.3, -0.25) is 0 Å². The zero-order valence-corrected chi connectivity index (χ0v) is 19.6. The molecule has 3 nitrogen and oxygen atoms in total. The van der Waals surface area contributed by atoms with Gasteiger partial charge in [-0.05, 0) is 51.0 Å². The molecule has 0 fully saturated rings. The van der Waals surface area contributed by atoms with Crippen LogP contribution < -0.4 is 4.74 Å². The first-order valence-corrected chi connectivity index (χ1v) is 12.3. The van der Waals surface area contributed by atoms with Crippen LogP contribution in [0.2, 0.25) is 0 Å². The van der Waals surface area contributed by atoms with Gasteiger partial charge >= 0.3 is 0 Å². The zero-order chi connectivity index (χ0) is 21.5. The minimum atomic E-state index is -0.0415. The topological polar surface area (TPSA) is 49.7 Å². The van der Waals surface area contributed by atoms with Crippen molar-refractivity contribution >= 4 is 0 Å². The quantitative estimate of drug-likeness (QED) is 0.204. The fraction of sp³-hybridized carbons (Fsp3) is 0.769. The number of phenolic OH excluding ortho intramolecular Hbond substituents is 2. The van der Waals surface area contributed by atoms with E-state index in [1.807, 2.05) is 6.92 Å². The molecule has 0 aliphatic rings. The molecule has 1 rings (SSSR count). The fourth-order valence-electron chi connectivity index (χ4n) is 4.18. The van der Waals surface area contributed by atoms with Gasteiger partial charge in [-0.1, -0.05) is 78.6 Å². The van der Waals surface area contributed by atoms with Crippen LogP contribution in [0.25, 0.3) is 0 Å². The van der Waals surface area contributed by atoms with Crippen molar-refractivity contribution in [2.45, 2.75) is 124 Å². The van der Waals surface area contributed by atoms with Crippen LogP contribution in [0.1, 0.15) is 121 Å². The second-order valence-corrected chi connectivity index (χ2v) is 8.33. The zero-order valence-electron chi connectivity index (χ0n) is 19.6. The van der Waals surface area contributed by atoms with Gasteiger partial charge in [-0.25, -0.2) is 0 Å². The van der Waals surface area contributed by atoms with E-state index in [4.69, 9.17) is 4.74 Å². The standard InChI is InChI=1S/C26H46O3/c1-5-9-12-15-18-21-22(19-16-13-10-6-2)24(27)25(28)26(29-8-4)23(21)20-17-14-11-7-3/h27-28H,5-20H2,1-4H3. The van der Waals surface area contributed by atoms with E-state index in [1.165, 1.54) is 63.4 Å². The first kappa shape index (κ1) is 25.7. The first-order valence-electron chi connectivity index (χ1n) is 12.3. The lowest BCUT2D eigenvalue weighted by atomic mass is 9.88. The van der Waals surface area contributed by atoms with Crippen molar-refractivity contribution in [2.24, 2.45) is 0 Å². The normalized spacial score (nSPS) is 11.2. The van der Waals surface area contributed by atoms with Crippen LogP contribution in [-0.2, 0) is 19.3 Å². The van der Waals surface area contributed by atoms with E-state index in [0.717, 1.165) is 49.7 Å². The van der Waals surface area contributed by atoms with Crippen LogP contribution in [0.5, 0.6) is 17.2 Å². The number of hydrogen-bond donors (Lipinski definition) is 2. The number of hydrogen-bond acceptors (Lipinski definition) is 3. The molecule has 0 saturated carbocycles. The highest BCUT2D eigenvalue weighted by atomic mass is 16.5. The molecule has 1 aromatic rings. The van der Waals surface area contributed by atoms with Crippen LogP contribution in [0.15, 0.2) is 0 Å². The maximum Gasteiger partial charge on any atom is 0.201 e. The SMILES string of the molecule is CCCCCCc1c(O)c(O)c(OCC)c(CCCCCC)c1CCCCCC. The number of rotatable bonds is 17. The van der Waals surface area contributed by atoms with Gasteiger partial charge in [0.25, 0.3) is 0 Å². The average Bonchev–Trinajstić information content (AvgIpc) is 2.72. The van der Waals surface area contributed by atoms with E-state index >= 15 is 0 Å². The van der Waals surface area contributed by atoms with Crippen molar-refractivity contribution in [3.8, 4) is 17.2 Å². The number of aromatic hydroxyl groups is 2. The molecular weight excluding hydrogens is 360 g/mol. The Morgan fingerprint density at radius 3 is 1.41 bits per heavy atom. The number of ether oxygens (including phenoxy) is 1. The molecule has 168 valence electrons. The van der Waals surface area contributed by atoms with Crippen molar-refractivity contribution in [1.82, 2.24) is 0 Å². The lowest BCUT2D eigenvalue weighted by molar-refractivity contribution is 0.303. The van der Waals surface area contributed by atoms with Crippen molar-refractivity contribution in [2.75, 3.05) is 6.61 Å². The molecule has 0 aliphatic carbocycles. The predicted molar refractivity (Wildman–Crippen MR) is 124 cm³/mol. The highest BCUT2D eigenvalue weighted by Crippen LogP contribution is 2.46. The molecule has 0 atom stereocenters. The summed E-state index contributed by atoms with van der Waals surface area (Å²) in [4.78, 5) is 0. The molecule has 0 aromatic heterocycles. The highest BCUT2D eigenvalue weighted by Gasteiger charge is 2.24. The monoisotopic (exact) mass is 406 g/mol. The minimum absolute atomic E-state index is 0.0415. The third-order valence-corrected chi connectivity index (χ3v) is 5.86. The second kappa shape index (κ2) is 15.5. The van der Waals surface area contributed by atoms with Crippen LogP contribution in [0.4, 0.5) is 0 Å². The van der Waals surface area contributed by atoms with Gasteiger partial charge in [0.1, 0.15) is 0 Å². The molecule has 1 aromatic carbocycles. The lowest BCUT2D eigenvalue weighted by Crippen LogP contribution is -2.07. The smallest absolute Gasteiger partial charge is 0.201 e. The van der Waals surface area contributed by atoms with Gasteiger partial charge in [-0.15, -0.1) is 0 Å². The van der Waals surface area contributed by atoms with Gasteiger partial charge in [0.05, 0.1) is 6.61 Å². The fourth-order valence-corrected chi connectivity index (χ4v) is 4.18. The van der Waals surface area contributed by atoms with E-state index in [2.05, 4.69) is 20.8 Å². The molecule has 0 bridgehead atoms. The van der Waals surface area contributed by atoms with E-state index in [0.29, 0.717) is 12.4 Å². The summed E-state index contributed by atoms with van der Waals surface area (Å²) in [5, 5.41) is 21.6. The summed E-state index contributed by atoms with van der Waals surface area (Å²) in [6.45, 7) is 9.12. The largest absolute Gasteiger partial charge is 0.504 e. The molecule has 2 N–H and O–H groups in total. The molecule has 0 saturated heterocycles. The van der Waals surface area contributed by atoms with Gasteiger partial charge in [-0.2, -0.15) is 0 Å². The molecule has 3 heteroatoms. The summed E-state index contributed by atoms with van der Waals surface area (Å²) >= 11 is 0. The van der Waals surface area contributed by atoms with Crippen molar-refractivity contribution < 1.29 is 14.9 Å². The molecule has 29 heavy (non-hydrogen) atoms. The van der Waals surface area contributed by atoms with Crippen LogP contribution in [0, 0.1) is 0 Å². The maximum atomic E-state index is 10.8. The lowest BCUT2D eigenvalue weighted by Gasteiger charge is -2.22. The maximum absolute atomic E-state index is 10.8. The van der Waals surface area contributed by atoms with Gasteiger partial charge in [0.15, 0.2) is 11.5 Å². The van der Waals surface area contributed by atoms with E-state index < -0.39 is 0 Å². The summed E-state index contributed by atoms with van der Waals surface area (Å²) < 4.78 is 5.86. The Labute approximate surface area is 179 Å². The molecule has 0 amide bonds. The number of phenols is 2. The van der Waals surface area contributed by atoms with Crippen molar-refractivity contribution in [1.29, 1.82) is 0 Å². The Kier molecular flexibility index (Phi) is 13.7. The Morgan fingerprint density at radius 1 is 0.517 bits per heavy atom. The predicted octanol–water partition coefficient (Wildman–Crippen LogP) is 7.86. The Balaban J connectivity index is 3.23. The molecule has 0 heterocycles. The third kappa shape index (κ3) is 8.48. The van der Waals surface area contributed by atoms with E-state index in [1.54, 1.807) is 0 Å². The van der Waals surface area contributed by atoms with Crippen molar-refractivity contribution in [3.05, 3.63) is 16.7 Å². The summed E-state index contributed by atoms with van der Waals surface area (Å²) in [6, 6.07) is 0. The summed E-state index contributed by atoms with van der Waals surface area (Å²) in [5.74, 6) is 0.553. The number of benzene rings is 1. The summed E-state index contributed by atoms with van der Waals surface area (Å²) in [7, 11) is 0. The Hall–Kier alpha value is -1.38. The average molecular weight is 407 g/mol. The molecular formula is C26H46O3. The Morgan fingerprint density at radius 2 is 0.966 bits per heavy atom. The summed E-state index contributed by atoms with van der Waals surface area (Å²) in [5.41, 5.74) is 3.39. The molecule has 0 aliphatic heterocycles. The minimum Gasteiger partial charge on any atom is -0.504 e. The number of unbranched alkanes of at least 4 members (excludes halogenated alkanes) is 9. The van der Waals surface area contributed by atoms with Gasteiger partial charge < -0.3 is 14.9 Å². The Bertz CT molecular complexity index is 566. The highest BCUT2D eigenvalue weighted by molar-refractivity contribution is 5.62. The van der Waals surface area contributed by atoms with Gasteiger partial charge in [0.2, 0.25) is 5.75 Å². The molecule has 0 unspecified atom stereocenters. The molecule has 0 radical (unpaired) electrons. The second-order valence-electron chi connectivity index (χ2n) is 8.33. The van der Waals surface area contributed by atoms with Gasteiger partial charge in [0, 0.05) is 11.1 Å². The van der Waals surface area contributed by atoms with Crippen LogP contribution in [0.3, 0.4) is 0 Å². The van der Waals surface area contributed by atoms with Crippen LogP contribution >= 0.6 is 0 Å². The van der Waals surface area contributed by atoms with E-state index in [-0.39, 0.29) is 11.5 Å². The van der Waals surface area contributed by atoms with E-state index in [9.17, 15) is 10.2 Å². The third-order valence-electron chi connectivity index (χ3n) is 5.86.